The topological polar surface area (TPSA) is 23.6 Å². The van der Waals surface area contributed by atoms with Gasteiger partial charge < -0.3 is 9.80 Å². The summed E-state index contributed by atoms with van der Waals surface area (Å²) in [5.41, 5.74) is 0. The van der Waals surface area contributed by atoms with Crippen molar-refractivity contribution in [2.24, 2.45) is 5.92 Å². The molecule has 1 atom stereocenters. The molecule has 0 aromatic heterocycles. The zero-order valence-electron chi connectivity index (χ0n) is 13.7. The lowest BCUT2D eigenvalue weighted by Gasteiger charge is -2.34. The van der Waals surface area contributed by atoms with E-state index < -0.39 is 0 Å². The monoisotopic (exact) mass is 300 g/mol. The number of rotatable bonds is 7. The summed E-state index contributed by atoms with van der Waals surface area (Å²) in [6.45, 7) is 6.31. The molecule has 0 spiro atoms. The predicted molar refractivity (Wildman–Crippen MR) is 89.3 cm³/mol. The van der Waals surface area contributed by atoms with E-state index in [-0.39, 0.29) is 5.92 Å². The van der Waals surface area contributed by atoms with Crippen molar-refractivity contribution in [3.8, 4) is 0 Å². The highest BCUT2D eigenvalue weighted by molar-refractivity contribution is 7.99. The molecule has 1 amide bonds. The van der Waals surface area contributed by atoms with Gasteiger partial charge in [0.15, 0.2) is 0 Å². The minimum absolute atomic E-state index is 0.248. The lowest BCUT2D eigenvalue weighted by molar-refractivity contribution is -0.138. The molecule has 1 aliphatic rings. The maximum Gasteiger partial charge on any atom is 0.226 e. The van der Waals surface area contributed by atoms with Gasteiger partial charge in [-0.05, 0) is 39.1 Å². The maximum atomic E-state index is 12.9. The van der Waals surface area contributed by atoms with Crippen molar-refractivity contribution in [3.63, 3.8) is 0 Å². The molecule has 3 nitrogen and oxygen atoms in total. The van der Waals surface area contributed by atoms with Gasteiger partial charge in [-0.1, -0.05) is 26.7 Å². The quantitative estimate of drug-likeness (QED) is 0.722. The second-order valence-electron chi connectivity index (χ2n) is 6.15. The van der Waals surface area contributed by atoms with Crippen LogP contribution in [0.25, 0.3) is 0 Å². The molecule has 20 heavy (non-hydrogen) atoms. The summed E-state index contributed by atoms with van der Waals surface area (Å²) >= 11 is 2.00. The number of nitrogens with zero attached hydrogens (tertiary/aromatic N) is 2. The molecular weight excluding hydrogens is 268 g/mol. The summed E-state index contributed by atoms with van der Waals surface area (Å²) in [7, 11) is 4.21. The van der Waals surface area contributed by atoms with E-state index in [1.807, 2.05) is 11.8 Å². The Kier molecular flexibility index (Phi) is 8.62. The largest absolute Gasteiger partial charge is 0.337 e. The Balaban J connectivity index is 2.76. The van der Waals surface area contributed by atoms with Gasteiger partial charge in [0.2, 0.25) is 5.91 Å². The van der Waals surface area contributed by atoms with Crippen molar-refractivity contribution < 1.29 is 4.79 Å². The SMILES string of the molecule is CCCC(CCC)C(=O)N1CCCSCC1CN(C)C. The molecular formula is C16H32N2OS. The highest BCUT2D eigenvalue weighted by Crippen LogP contribution is 2.23. The van der Waals surface area contributed by atoms with E-state index in [1.165, 1.54) is 5.75 Å². The van der Waals surface area contributed by atoms with E-state index in [0.29, 0.717) is 11.9 Å². The van der Waals surface area contributed by atoms with Gasteiger partial charge in [0.05, 0.1) is 6.04 Å². The first-order valence-corrected chi connectivity index (χ1v) is 9.28. The third kappa shape index (κ3) is 5.65. The van der Waals surface area contributed by atoms with Gasteiger partial charge in [-0.2, -0.15) is 11.8 Å². The number of thioether (sulfide) groups is 1. The Hall–Kier alpha value is -0.220. The van der Waals surface area contributed by atoms with E-state index in [1.54, 1.807) is 0 Å². The number of amides is 1. The van der Waals surface area contributed by atoms with E-state index >= 15 is 0 Å². The van der Waals surface area contributed by atoms with Crippen LogP contribution in [0.15, 0.2) is 0 Å². The zero-order chi connectivity index (χ0) is 15.0. The molecule has 0 aromatic carbocycles. The van der Waals surface area contributed by atoms with Crippen molar-refractivity contribution in [2.75, 3.05) is 38.7 Å². The first kappa shape index (κ1) is 17.8. The highest BCUT2D eigenvalue weighted by Gasteiger charge is 2.30. The Morgan fingerprint density at radius 1 is 1.30 bits per heavy atom. The van der Waals surface area contributed by atoms with Crippen LogP contribution in [0.3, 0.4) is 0 Å². The maximum absolute atomic E-state index is 12.9. The molecule has 1 fully saturated rings. The van der Waals surface area contributed by atoms with Crippen LogP contribution in [0.5, 0.6) is 0 Å². The van der Waals surface area contributed by atoms with Gasteiger partial charge in [0.25, 0.3) is 0 Å². The average Bonchev–Trinajstić information content (AvgIpc) is 2.62. The fraction of sp³-hybridized carbons (Fsp3) is 0.938. The lowest BCUT2D eigenvalue weighted by Crippen LogP contribution is -2.48. The van der Waals surface area contributed by atoms with Gasteiger partial charge in [-0.3, -0.25) is 4.79 Å². The average molecular weight is 301 g/mol. The second kappa shape index (κ2) is 9.67. The fourth-order valence-electron chi connectivity index (χ4n) is 3.01. The molecule has 1 heterocycles. The Morgan fingerprint density at radius 3 is 2.50 bits per heavy atom. The third-order valence-corrected chi connectivity index (χ3v) is 5.12. The van der Waals surface area contributed by atoms with Crippen LogP contribution in [0.4, 0.5) is 0 Å². The fourth-order valence-corrected chi connectivity index (χ4v) is 4.07. The Morgan fingerprint density at radius 2 is 1.95 bits per heavy atom. The summed E-state index contributed by atoms with van der Waals surface area (Å²) in [4.78, 5) is 17.3. The molecule has 0 aromatic rings. The molecule has 0 aliphatic carbocycles. The predicted octanol–water partition coefficient (Wildman–Crippen LogP) is 3.10. The molecule has 118 valence electrons. The van der Waals surface area contributed by atoms with Gasteiger partial charge >= 0.3 is 0 Å². The van der Waals surface area contributed by atoms with E-state index in [0.717, 1.165) is 50.9 Å². The van der Waals surface area contributed by atoms with Crippen molar-refractivity contribution in [2.45, 2.75) is 52.0 Å². The van der Waals surface area contributed by atoms with Gasteiger partial charge in [-0.15, -0.1) is 0 Å². The Bertz CT molecular complexity index is 278. The summed E-state index contributed by atoms with van der Waals surface area (Å²) in [6.07, 6.45) is 5.45. The van der Waals surface area contributed by atoms with Gasteiger partial charge in [-0.25, -0.2) is 0 Å². The van der Waals surface area contributed by atoms with Crippen LogP contribution in [0.1, 0.15) is 46.0 Å². The summed E-state index contributed by atoms with van der Waals surface area (Å²) in [6, 6.07) is 0.390. The normalized spacial score (nSPS) is 20.5. The molecule has 0 radical (unpaired) electrons. The van der Waals surface area contributed by atoms with Crippen molar-refractivity contribution in [1.82, 2.24) is 9.80 Å². The van der Waals surface area contributed by atoms with Gasteiger partial charge in [0, 0.05) is 24.8 Å². The van der Waals surface area contributed by atoms with Crippen molar-refractivity contribution in [3.05, 3.63) is 0 Å². The first-order chi connectivity index (χ1) is 9.60. The number of hydrogen-bond donors (Lipinski definition) is 0. The third-order valence-electron chi connectivity index (χ3n) is 3.92. The number of likely N-dealkylation sites (N-methyl/N-ethyl adjacent to an activating group) is 1. The molecule has 1 unspecified atom stereocenters. The van der Waals surface area contributed by atoms with Crippen LogP contribution >= 0.6 is 11.8 Å². The standard InChI is InChI=1S/C16H32N2OS/c1-5-8-14(9-6-2)16(19)18-10-7-11-20-13-15(18)12-17(3)4/h14-15H,5-13H2,1-4H3. The molecule has 1 rings (SSSR count). The van der Waals surface area contributed by atoms with E-state index in [4.69, 9.17) is 0 Å². The first-order valence-electron chi connectivity index (χ1n) is 8.13. The van der Waals surface area contributed by atoms with Crippen molar-refractivity contribution in [1.29, 1.82) is 0 Å². The van der Waals surface area contributed by atoms with Crippen LogP contribution in [-0.2, 0) is 4.79 Å². The summed E-state index contributed by atoms with van der Waals surface area (Å²) in [5, 5.41) is 0. The smallest absolute Gasteiger partial charge is 0.226 e. The zero-order valence-corrected chi connectivity index (χ0v) is 14.5. The van der Waals surface area contributed by atoms with Gasteiger partial charge in [0.1, 0.15) is 0 Å². The van der Waals surface area contributed by atoms with Crippen LogP contribution < -0.4 is 0 Å². The van der Waals surface area contributed by atoms with Crippen LogP contribution in [0, 0.1) is 5.92 Å². The lowest BCUT2D eigenvalue weighted by atomic mass is 9.96. The molecule has 4 heteroatoms. The number of carbonyl (C=O) groups is 1. The molecule has 1 saturated heterocycles. The minimum atomic E-state index is 0.248. The summed E-state index contributed by atoms with van der Waals surface area (Å²) < 4.78 is 0. The Labute approximate surface area is 129 Å². The highest BCUT2D eigenvalue weighted by atomic mass is 32.2. The molecule has 0 N–H and O–H groups in total. The van der Waals surface area contributed by atoms with Crippen molar-refractivity contribution >= 4 is 17.7 Å². The van der Waals surface area contributed by atoms with Crippen LogP contribution in [0.2, 0.25) is 0 Å². The molecule has 1 aliphatic heterocycles. The second-order valence-corrected chi connectivity index (χ2v) is 7.30. The number of carbonyl (C=O) groups excluding carboxylic acids is 1. The number of hydrogen-bond acceptors (Lipinski definition) is 3. The molecule has 0 saturated carbocycles. The molecule has 0 bridgehead atoms. The minimum Gasteiger partial charge on any atom is -0.337 e. The van der Waals surface area contributed by atoms with E-state index in [2.05, 4.69) is 37.7 Å². The van der Waals surface area contributed by atoms with E-state index in [9.17, 15) is 4.79 Å². The van der Waals surface area contributed by atoms with Crippen LogP contribution in [-0.4, -0.2) is 60.4 Å². The summed E-state index contributed by atoms with van der Waals surface area (Å²) in [5.74, 6) is 2.95.